The van der Waals surface area contributed by atoms with E-state index >= 15 is 0 Å². The molecule has 0 saturated carbocycles. The van der Waals surface area contributed by atoms with Crippen molar-refractivity contribution in [2.75, 3.05) is 24.7 Å². The van der Waals surface area contributed by atoms with Crippen LogP contribution in [0.4, 0.5) is 0 Å². The number of carbonyl (C=O) groups is 1. The summed E-state index contributed by atoms with van der Waals surface area (Å²) in [7, 11) is 0. The summed E-state index contributed by atoms with van der Waals surface area (Å²) in [6, 6.07) is 0. The number of nitrogens with zero attached hydrogens (tertiary/aromatic N) is 2. The van der Waals surface area contributed by atoms with Gasteiger partial charge in [0.2, 0.25) is 5.69 Å². The zero-order chi connectivity index (χ0) is 34.0. The van der Waals surface area contributed by atoms with Crippen LogP contribution >= 0.6 is 28.8 Å². The second-order valence-corrected chi connectivity index (χ2v) is 19.5. The highest BCUT2D eigenvalue weighted by molar-refractivity contribution is 8.68. The first-order valence-electron chi connectivity index (χ1n) is 14.5. The van der Waals surface area contributed by atoms with Gasteiger partial charge in [-0.15, -0.1) is 0 Å². The van der Waals surface area contributed by atoms with E-state index in [1.807, 2.05) is 20.8 Å². The molecule has 0 aliphatic carbocycles. The van der Waals surface area contributed by atoms with Crippen molar-refractivity contribution < 1.29 is 33.5 Å². The summed E-state index contributed by atoms with van der Waals surface area (Å²) >= 11 is 8.27. The zero-order valence-electron chi connectivity index (χ0n) is 26.0. The van der Waals surface area contributed by atoms with Gasteiger partial charge in [-0.2, -0.15) is 0 Å². The van der Waals surface area contributed by atoms with Gasteiger partial charge in [0.1, 0.15) is 24.7 Å². The molecule has 0 spiro atoms. The van der Waals surface area contributed by atoms with Gasteiger partial charge < -0.3 is 28.7 Å². The van der Waals surface area contributed by atoms with Gasteiger partial charge in [0, 0.05) is 53.3 Å². The molecule has 0 amide bonds. The maximum atomic E-state index is 12.5. The van der Waals surface area contributed by atoms with Crippen LogP contribution in [-0.4, -0.2) is 83.6 Å². The molecular weight excluding hydrogens is 683 g/mol. The Bertz CT molecular complexity index is 1700. The third kappa shape index (κ3) is 8.98. The van der Waals surface area contributed by atoms with E-state index in [1.54, 1.807) is 13.8 Å². The molecule has 7 atom stereocenters. The van der Waals surface area contributed by atoms with Crippen molar-refractivity contribution in [1.82, 2.24) is 19.1 Å². The van der Waals surface area contributed by atoms with E-state index in [-0.39, 0.29) is 24.6 Å². The number of aryl methyl sites for hydroxylation is 2. The Labute approximate surface area is 277 Å². The van der Waals surface area contributed by atoms with Gasteiger partial charge in [-0.05, 0) is 25.7 Å². The number of hydrogen-bond donors (Lipinski definition) is 4. The van der Waals surface area contributed by atoms with Crippen molar-refractivity contribution in [3.63, 3.8) is 0 Å². The molecule has 2 fully saturated rings. The fourth-order valence-electron chi connectivity index (χ4n) is 4.71. The number of nitrogens with one attached hydrogen (secondary N) is 2. The highest BCUT2D eigenvalue weighted by atomic mass is 32.9. The number of aliphatic hydroxyl groups is 2. The van der Waals surface area contributed by atoms with Gasteiger partial charge in [-0.25, -0.2) is 9.59 Å². The second-order valence-electron chi connectivity index (χ2n) is 12.0. The lowest BCUT2D eigenvalue weighted by Crippen LogP contribution is -2.33. The van der Waals surface area contributed by atoms with Crippen LogP contribution < -0.4 is 22.5 Å². The molecule has 7 unspecified atom stereocenters. The normalized spacial score (nSPS) is 26.3. The maximum Gasteiger partial charge on any atom is 0.330 e. The van der Waals surface area contributed by atoms with E-state index in [2.05, 4.69) is 9.97 Å². The number of ether oxygens (including phenoxy) is 2. The van der Waals surface area contributed by atoms with Crippen molar-refractivity contribution >= 4 is 45.8 Å². The highest BCUT2D eigenvalue weighted by Gasteiger charge is 2.42. The van der Waals surface area contributed by atoms with Gasteiger partial charge in [-0.1, -0.05) is 43.9 Å². The molecule has 0 aromatic carbocycles. The lowest BCUT2D eigenvalue weighted by atomic mass is 10.00. The number of aliphatic hydroxyl groups excluding tert-OH is 2. The number of aromatic nitrogens is 4. The van der Waals surface area contributed by atoms with Gasteiger partial charge in [0.25, 0.3) is 11.1 Å². The van der Waals surface area contributed by atoms with Crippen LogP contribution in [0.2, 0.25) is 0 Å². The quantitative estimate of drug-likeness (QED) is 0.180. The summed E-state index contributed by atoms with van der Waals surface area (Å²) in [5, 5.41) is 20.9. The molecular formula is C27H39N4O11PS3. The molecule has 2 aromatic heterocycles. The minimum Gasteiger partial charge on any atom is -0.394 e. The van der Waals surface area contributed by atoms with Gasteiger partial charge in [-0.3, -0.25) is 33.5 Å². The predicted octanol–water partition coefficient (Wildman–Crippen LogP) is 1.30. The summed E-state index contributed by atoms with van der Waals surface area (Å²) in [6.07, 6.45) is -2.43. The Balaban J connectivity index is 1.49. The first kappa shape index (κ1) is 37.0. The zero-order valence-corrected chi connectivity index (χ0v) is 29.3. The highest BCUT2D eigenvalue weighted by Crippen LogP contribution is 2.63. The Morgan fingerprint density at radius 2 is 1.54 bits per heavy atom. The Kier molecular flexibility index (Phi) is 12.2. The molecule has 2 saturated heterocycles. The molecule has 46 heavy (non-hydrogen) atoms. The largest absolute Gasteiger partial charge is 0.394 e. The summed E-state index contributed by atoms with van der Waals surface area (Å²) in [5.74, 6) is 0.802. The van der Waals surface area contributed by atoms with Crippen LogP contribution in [0, 0.1) is 19.3 Å². The summed E-state index contributed by atoms with van der Waals surface area (Å²) < 4.78 is 26.8. The van der Waals surface area contributed by atoms with Crippen LogP contribution in [0.25, 0.3) is 0 Å². The van der Waals surface area contributed by atoms with E-state index in [4.69, 9.17) is 30.3 Å². The van der Waals surface area contributed by atoms with Crippen LogP contribution in [0.15, 0.2) is 31.6 Å². The van der Waals surface area contributed by atoms with Crippen molar-refractivity contribution in [2.45, 2.75) is 84.3 Å². The van der Waals surface area contributed by atoms with Gasteiger partial charge >= 0.3 is 11.4 Å². The van der Waals surface area contributed by atoms with Gasteiger partial charge in [0.05, 0.1) is 25.4 Å². The van der Waals surface area contributed by atoms with Crippen LogP contribution in [0.1, 0.15) is 57.2 Å². The standard InChI is InChI=1S/C27H39N4O11PS3/c1-14-10-30(25(37)28-22(14)34)20-8-16(33)19(41-20)13-39-43(44,46-7-6-45-24(36)27(3,4)5)42-17-9-21(40-18(17)12-32)31-11-15(2)23(35)29-26(31)38/h10-11,16-21,32-33H,6-9,12-13H2,1-5H3,(H,28,34,37)(H,29,35,38). The average Bonchev–Trinajstić information content (AvgIpc) is 3.55. The third-order valence-electron chi connectivity index (χ3n) is 7.32. The molecule has 2 aromatic rings. The molecule has 4 heterocycles. The number of H-pyrrole nitrogens is 2. The molecule has 2 aliphatic heterocycles. The third-order valence-corrected chi connectivity index (χ3v) is 14.1. The number of carbonyl (C=O) groups excluding carboxylic acids is 1. The molecule has 0 radical (unpaired) electrons. The smallest absolute Gasteiger partial charge is 0.330 e. The number of aromatic amines is 2. The number of hydrogen-bond acceptors (Lipinski definition) is 14. The SMILES string of the molecule is Cc1cn(C2CC(O)C(COP(=S)(OC3CC(n4cc(C)c(=O)[nH]c4=O)OC3CO)SCCSC(=O)C(C)(C)C)O2)c(=O)[nH]c1=O. The van der Waals surface area contributed by atoms with Crippen molar-refractivity contribution in [1.29, 1.82) is 0 Å². The molecule has 256 valence electrons. The maximum absolute atomic E-state index is 12.5. The molecule has 0 bridgehead atoms. The number of rotatable bonds is 12. The lowest BCUT2D eigenvalue weighted by Gasteiger charge is -2.28. The van der Waals surface area contributed by atoms with E-state index in [1.165, 1.54) is 44.7 Å². The molecule has 2 aliphatic rings. The lowest BCUT2D eigenvalue weighted by molar-refractivity contribution is -0.117. The van der Waals surface area contributed by atoms with Crippen LogP contribution in [0.5, 0.6) is 0 Å². The second kappa shape index (κ2) is 15.1. The van der Waals surface area contributed by atoms with E-state index < -0.39 is 77.1 Å². The average molecular weight is 723 g/mol. The molecule has 4 rings (SSSR count). The van der Waals surface area contributed by atoms with E-state index in [9.17, 15) is 34.2 Å². The Hall–Kier alpha value is -1.86. The van der Waals surface area contributed by atoms with E-state index in [0.717, 1.165) is 0 Å². The van der Waals surface area contributed by atoms with E-state index in [0.29, 0.717) is 22.6 Å². The van der Waals surface area contributed by atoms with Crippen molar-refractivity contribution in [3.8, 4) is 0 Å². The van der Waals surface area contributed by atoms with Gasteiger partial charge in [0.15, 0.2) is 5.12 Å². The Morgan fingerprint density at radius 3 is 2.09 bits per heavy atom. The summed E-state index contributed by atoms with van der Waals surface area (Å²) in [6.45, 7) is 7.93. The van der Waals surface area contributed by atoms with Crippen LogP contribution in [0.3, 0.4) is 0 Å². The fraction of sp³-hybridized carbons (Fsp3) is 0.667. The summed E-state index contributed by atoms with van der Waals surface area (Å²) in [5.41, 5.74) is -5.60. The van der Waals surface area contributed by atoms with Crippen molar-refractivity contribution in [3.05, 3.63) is 65.2 Å². The summed E-state index contributed by atoms with van der Waals surface area (Å²) in [4.78, 5) is 65.4. The fourth-order valence-corrected chi connectivity index (χ4v) is 10.7. The minimum atomic E-state index is -3.28. The first-order chi connectivity index (χ1) is 21.5. The monoisotopic (exact) mass is 722 g/mol. The van der Waals surface area contributed by atoms with Crippen LogP contribution in [-0.2, 0) is 35.1 Å². The topological polar surface area (TPSA) is 204 Å². The van der Waals surface area contributed by atoms with Crippen molar-refractivity contribution in [2.24, 2.45) is 5.41 Å². The molecule has 4 N–H and O–H groups in total. The molecule has 15 nitrogen and oxygen atoms in total. The minimum absolute atomic E-state index is 0.0125. The number of thioether (sulfide) groups is 1. The predicted molar refractivity (Wildman–Crippen MR) is 177 cm³/mol. The first-order valence-corrected chi connectivity index (χ1v) is 19.7. The Morgan fingerprint density at radius 1 is 1.00 bits per heavy atom. The molecule has 19 heteroatoms.